The van der Waals surface area contributed by atoms with Crippen LogP contribution in [0.25, 0.3) is 0 Å². The molecule has 1 aromatic heterocycles. The standard InChI is InChI=1S/C30H45NO6S/c1-19-8-12-22(13-9-19)28(33)31(20(2)10-11-21(3)37-26-18-36-17-25(26)32)24-16-23(14-15-30(4,5)6)38-27(24)29(34)35-7/h16,19-22,25-26,32H,8-13,17-18H2,1-7H3/t19-,20-,21-,22-,25+,26+/m1/s1. The van der Waals surface area contributed by atoms with Gasteiger partial charge in [0, 0.05) is 17.4 Å². The fraction of sp³-hybridized carbons (Fsp3) is 0.733. The van der Waals surface area contributed by atoms with Crippen molar-refractivity contribution < 1.29 is 28.9 Å². The molecule has 38 heavy (non-hydrogen) atoms. The van der Waals surface area contributed by atoms with Crippen molar-refractivity contribution in [2.75, 3.05) is 25.2 Å². The third-order valence-corrected chi connectivity index (χ3v) is 8.36. The van der Waals surface area contributed by atoms with Gasteiger partial charge in [-0.3, -0.25) is 4.79 Å². The van der Waals surface area contributed by atoms with Crippen molar-refractivity contribution in [1.82, 2.24) is 0 Å². The predicted molar refractivity (Wildman–Crippen MR) is 150 cm³/mol. The molecule has 4 atom stereocenters. The molecule has 3 rings (SSSR count). The van der Waals surface area contributed by atoms with Crippen LogP contribution in [0.1, 0.15) is 94.6 Å². The van der Waals surface area contributed by atoms with Crippen molar-refractivity contribution in [1.29, 1.82) is 0 Å². The van der Waals surface area contributed by atoms with Gasteiger partial charge in [0.15, 0.2) is 0 Å². The molecule has 1 aliphatic heterocycles. The zero-order valence-corrected chi connectivity index (χ0v) is 24.9. The van der Waals surface area contributed by atoms with Gasteiger partial charge < -0.3 is 24.2 Å². The Morgan fingerprint density at radius 1 is 1.18 bits per heavy atom. The minimum absolute atomic E-state index is 0.0656. The number of amides is 1. The molecule has 0 bridgehead atoms. The van der Waals surface area contributed by atoms with Crippen LogP contribution in [-0.4, -0.2) is 61.7 Å². The van der Waals surface area contributed by atoms with Crippen LogP contribution < -0.4 is 4.90 Å². The second kappa shape index (κ2) is 13.4. The molecule has 1 saturated heterocycles. The summed E-state index contributed by atoms with van der Waals surface area (Å²) in [5, 5.41) is 10.0. The summed E-state index contributed by atoms with van der Waals surface area (Å²) in [6.07, 6.45) is 4.12. The first kappa shape index (κ1) is 30.6. The zero-order valence-electron chi connectivity index (χ0n) is 24.0. The summed E-state index contributed by atoms with van der Waals surface area (Å²) in [7, 11) is 1.37. The van der Waals surface area contributed by atoms with Gasteiger partial charge in [0.25, 0.3) is 0 Å². The summed E-state index contributed by atoms with van der Waals surface area (Å²) in [5.41, 5.74) is 0.398. The van der Waals surface area contributed by atoms with E-state index >= 15 is 0 Å². The van der Waals surface area contributed by atoms with E-state index in [-0.39, 0.29) is 35.5 Å². The van der Waals surface area contributed by atoms with Gasteiger partial charge in [-0.05, 0) is 85.1 Å². The van der Waals surface area contributed by atoms with E-state index in [2.05, 4.69) is 18.8 Å². The van der Waals surface area contributed by atoms with Crippen molar-refractivity contribution in [2.24, 2.45) is 17.3 Å². The number of anilines is 1. The highest BCUT2D eigenvalue weighted by molar-refractivity contribution is 7.15. The van der Waals surface area contributed by atoms with Gasteiger partial charge in [0.2, 0.25) is 5.91 Å². The summed E-state index contributed by atoms with van der Waals surface area (Å²) >= 11 is 1.28. The summed E-state index contributed by atoms with van der Waals surface area (Å²) < 4.78 is 16.4. The molecule has 212 valence electrons. The first-order valence-electron chi connectivity index (χ1n) is 13.9. The van der Waals surface area contributed by atoms with E-state index in [9.17, 15) is 14.7 Å². The number of ether oxygens (including phenoxy) is 3. The molecule has 0 spiro atoms. The minimum Gasteiger partial charge on any atom is -0.465 e. The zero-order chi connectivity index (χ0) is 28.0. The van der Waals surface area contributed by atoms with Crippen LogP contribution in [0.5, 0.6) is 0 Å². The molecule has 1 amide bonds. The van der Waals surface area contributed by atoms with E-state index in [0.717, 1.165) is 30.6 Å². The molecule has 2 aliphatic rings. The second-order valence-corrected chi connectivity index (χ2v) is 13.1. The van der Waals surface area contributed by atoms with E-state index in [0.29, 0.717) is 42.5 Å². The quantitative estimate of drug-likeness (QED) is 0.328. The number of aliphatic hydroxyl groups excluding tert-OH is 1. The van der Waals surface area contributed by atoms with Crippen LogP contribution in [-0.2, 0) is 19.0 Å². The SMILES string of the molecule is COC(=O)c1sc(C#CC(C)(C)C)cc1N(C(=O)[C@H]1CC[C@H](C)CC1)[C@H](C)CC[C@@H](C)O[C@H]1COC[C@@H]1O. The Morgan fingerprint density at radius 3 is 2.45 bits per heavy atom. The maximum atomic E-state index is 14.1. The van der Waals surface area contributed by atoms with Gasteiger partial charge in [-0.25, -0.2) is 4.79 Å². The highest BCUT2D eigenvalue weighted by atomic mass is 32.1. The molecule has 1 aromatic rings. The molecule has 7 nitrogen and oxygen atoms in total. The van der Waals surface area contributed by atoms with E-state index in [1.54, 1.807) is 0 Å². The first-order chi connectivity index (χ1) is 17.9. The summed E-state index contributed by atoms with van der Waals surface area (Å²) in [4.78, 5) is 29.9. The fourth-order valence-electron chi connectivity index (χ4n) is 5.01. The van der Waals surface area contributed by atoms with E-state index < -0.39 is 12.1 Å². The van der Waals surface area contributed by atoms with Crippen molar-refractivity contribution >= 4 is 28.9 Å². The molecule has 8 heteroatoms. The number of rotatable bonds is 9. The van der Waals surface area contributed by atoms with E-state index in [1.165, 1.54) is 18.4 Å². The fourth-order valence-corrected chi connectivity index (χ4v) is 5.93. The Kier molecular flexibility index (Phi) is 10.8. The maximum absolute atomic E-state index is 14.1. The number of hydrogen-bond donors (Lipinski definition) is 1. The topological polar surface area (TPSA) is 85.3 Å². The molecule has 0 unspecified atom stereocenters. The number of thiophene rings is 1. The molecule has 2 fully saturated rings. The minimum atomic E-state index is -0.609. The average molecular weight is 548 g/mol. The van der Waals surface area contributed by atoms with Gasteiger partial charge in [-0.1, -0.05) is 18.8 Å². The number of carbonyl (C=O) groups is 2. The molecular formula is C30H45NO6S. The second-order valence-electron chi connectivity index (χ2n) is 12.0. The third-order valence-electron chi connectivity index (χ3n) is 7.34. The lowest BCUT2D eigenvalue weighted by atomic mass is 9.82. The maximum Gasteiger partial charge on any atom is 0.350 e. The van der Waals surface area contributed by atoms with E-state index in [4.69, 9.17) is 14.2 Å². The van der Waals surface area contributed by atoms with Crippen molar-refractivity contribution in [3.63, 3.8) is 0 Å². The number of hydrogen-bond acceptors (Lipinski definition) is 7. The summed E-state index contributed by atoms with van der Waals surface area (Å²) in [6.45, 7) is 13.1. The molecule has 1 saturated carbocycles. The normalized spacial score (nSPS) is 25.3. The smallest absolute Gasteiger partial charge is 0.350 e. The lowest BCUT2D eigenvalue weighted by molar-refractivity contribution is -0.124. The van der Waals surface area contributed by atoms with Crippen LogP contribution in [0.15, 0.2) is 6.07 Å². The van der Waals surface area contributed by atoms with Crippen molar-refractivity contribution in [3.8, 4) is 11.8 Å². The van der Waals surface area contributed by atoms with Gasteiger partial charge in [0.05, 0.1) is 37.0 Å². The Bertz CT molecular complexity index is 1010. The van der Waals surface area contributed by atoms with Crippen molar-refractivity contribution in [3.05, 3.63) is 15.8 Å². The molecule has 1 aliphatic carbocycles. The van der Waals surface area contributed by atoms with Crippen LogP contribution in [0, 0.1) is 29.1 Å². The predicted octanol–water partition coefficient (Wildman–Crippen LogP) is 5.43. The van der Waals surface area contributed by atoms with Gasteiger partial charge in [-0.15, -0.1) is 11.3 Å². The number of aliphatic hydroxyl groups is 1. The highest BCUT2D eigenvalue weighted by Gasteiger charge is 2.35. The van der Waals surface area contributed by atoms with Gasteiger partial charge in [-0.2, -0.15) is 0 Å². The summed E-state index contributed by atoms with van der Waals surface area (Å²) in [5.74, 6) is 6.61. The largest absolute Gasteiger partial charge is 0.465 e. The molecular weight excluding hydrogens is 502 g/mol. The monoisotopic (exact) mass is 547 g/mol. The lowest BCUT2D eigenvalue weighted by Crippen LogP contribution is -2.44. The van der Waals surface area contributed by atoms with Crippen LogP contribution >= 0.6 is 11.3 Å². The number of carbonyl (C=O) groups excluding carboxylic acids is 2. The highest BCUT2D eigenvalue weighted by Crippen LogP contribution is 2.37. The molecule has 2 heterocycles. The average Bonchev–Trinajstić information content (AvgIpc) is 3.47. The Hall–Kier alpha value is -1.92. The number of nitrogens with zero attached hydrogens (tertiary/aromatic N) is 1. The molecule has 0 radical (unpaired) electrons. The number of methoxy groups -OCH3 is 1. The van der Waals surface area contributed by atoms with Crippen LogP contribution in [0.3, 0.4) is 0 Å². The van der Waals surface area contributed by atoms with Gasteiger partial charge >= 0.3 is 5.97 Å². The van der Waals surface area contributed by atoms with Crippen molar-refractivity contribution in [2.45, 2.75) is 104 Å². The Balaban J connectivity index is 1.88. The Morgan fingerprint density at radius 2 is 1.87 bits per heavy atom. The molecule has 1 N–H and O–H groups in total. The lowest BCUT2D eigenvalue weighted by Gasteiger charge is -2.35. The van der Waals surface area contributed by atoms with Crippen LogP contribution in [0.2, 0.25) is 0 Å². The summed E-state index contributed by atoms with van der Waals surface area (Å²) in [6, 6.07) is 1.71. The first-order valence-corrected chi connectivity index (χ1v) is 14.7. The Labute approximate surface area is 232 Å². The molecule has 0 aromatic carbocycles. The van der Waals surface area contributed by atoms with Crippen LogP contribution in [0.4, 0.5) is 5.69 Å². The van der Waals surface area contributed by atoms with Gasteiger partial charge in [0.1, 0.15) is 17.1 Å². The third kappa shape index (κ3) is 8.29. The van der Waals surface area contributed by atoms with E-state index in [1.807, 2.05) is 45.6 Å². The number of esters is 1.